The van der Waals surface area contributed by atoms with Gasteiger partial charge in [-0.1, -0.05) is 140 Å². The lowest BCUT2D eigenvalue weighted by Crippen LogP contribution is -2.18. The first-order chi connectivity index (χ1) is 22.6. The van der Waals surface area contributed by atoms with Crippen LogP contribution in [-0.2, 0) is 0 Å². The van der Waals surface area contributed by atoms with Crippen molar-refractivity contribution in [2.45, 2.75) is 0 Å². The van der Waals surface area contributed by atoms with Crippen LogP contribution in [0.1, 0.15) is 22.4 Å². The van der Waals surface area contributed by atoms with Gasteiger partial charge < -0.3 is 9.21 Å². The normalized spacial score (nSPS) is 13.6. The molecule has 46 heavy (non-hydrogen) atoms. The predicted octanol–water partition coefficient (Wildman–Crippen LogP) is 9.95. The molecule has 1 aliphatic heterocycles. The Kier molecular flexibility index (Phi) is 8.00. The minimum absolute atomic E-state index is 0.361. The second kappa shape index (κ2) is 12.7. The van der Waals surface area contributed by atoms with Gasteiger partial charge in [-0.05, 0) is 34.9 Å². The zero-order chi connectivity index (χ0) is 31.5. The van der Waals surface area contributed by atoms with Gasteiger partial charge in [-0.3, -0.25) is 8.63 Å². The Hall–Kier alpha value is -5.75. The van der Waals surface area contributed by atoms with Crippen LogP contribution in [0.3, 0.4) is 0 Å². The van der Waals surface area contributed by atoms with E-state index in [0.717, 1.165) is 32.5 Å². The minimum atomic E-state index is -2.85. The lowest BCUT2D eigenvalue weighted by molar-refractivity contribution is 0.413. The molecule has 0 saturated carbocycles. The molecule has 0 aliphatic carbocycles. The number of allylic oxidation sites excluding steroid dienone is 2. The summed E-state index contributed by atoms with van der Waals surface area (Å²) in [6.07, 6.45) is 2.05. The molecule has 7 rings (SSSR count). The van der Waals surface area contributed by atoms with Gasteiger partial charge in [0, 0.05) is 33.5 Å². The molecule has 5 aromatic carbocycles. The molecule has 0 bridgehead atoms. The fourth-order valence-electron chi connectivity index (χ4n) is 6.07. The fourth-order valence-corrected chi connectivity index (χ4v) is 6.07. The van der Waals surface area contributed by atoms with Crippen molar-refractivity contribution < 1.29 is 13.4 Å². The molecule has 2 heterocycles. The molecule has 6 aromatic rings. The highest BCUT2D eigenvalue weighted by Crippen LogP contribution is 2.47. The summed E-state index contributed by atoms with van der Waals surface area (Å²) in [5.74, 6) is 0.558. The van der Waals surface area contributed by atoms with Gasteiger partial charge in [0.05, 0.1) is 24.2 Å². The average molecular weight is 602 g/mol. The van der Waals surface area contributed by atoms with Gasteiger partial charge in [0.1, 0.15) is 5.75 Å². The molecule has 0 spiro atoms. The molecular weight excluding hydrogens is 573 g/mol. The first-order valence-electron chi connectivity index (χ1n) is 15.1. The van der Waals surface area contributed by atoms with Gasteiger partial charge in [-0.2, -0.15) is 0 Å². The number of hydrogen-bond acceptors (Lipinski definition) is 2. The molecule has 6 heteroatoms. The number of ether oxygens (including phenoxy) is 1. The Morgan fingerprint density at radius 1 is 0.630 bits per heavy atom. The number of nitrogens with zero attached hydrogens (tertiary/aromatic N) is 2. The van der Waals surface area contributed by atoms with Crippen molar-refractivity contribution in [2.24, 2.45) is 4.99 Å². The smallest absolute Gasteiger partial charge is 0.496 e. The van der Waals surface area contributed by atoms with Crippen molar-refractivity contribution in [1.82, 2.24) is 4.48 Å². The van der Waals surface area contributed by atoms with Crippen LogP contribution < -0.4 is 4.74 Å². The lowest BCUT2D eigenvalue weighted by Gasteiger charge is -2.20. The Morgan fingerprint density at radius 2 is 1.15 bits per heavy atom. The second-order valence-corrected chi connectivity index (χ2v) is 10.9. The molecule has 0 amide bonds. The molecule has 0 N–H and O–H groups in total. The van der Waals surface area contributed by atoms with Gasteiger partial charge in [-0.25, -0.2) is 4.99 Å². The van der Waals surface area contributed by atoms with Crippen molar-refractivity contribution in [2.75, 3.05) is 7.11 Å². The maximum Gasteiger partial charge on any atom is 0.678 e. The highest BCUT2D eigenvalue weighted by molar-refractivity contribution is 6.42. The molecule has 0 fully saturated rings. The van der Waals surface area contributed by atoms with E-state index < -0.39 is 7.40 Å². The van der Waals surface area contributed by atoms with Crippen molar-refractivity contribution in [3.05, 3.63) is 186 Å². The number of para-hydroxylation sites is 1. The lowest BCUT2D eigenvalue weighted by atomic mass is 9.89. The van der Waals surface area contributed by atoms with Crippen molar-refractivity contribution in [3.8, 4) is 28.1 Å². The van der Waals surface area contributed by atoms with Gasteiger partial charge in [0.2, 0.25) is 0 Å². The number of aliphatic imine (C=N–C) groups is 1. The van der Waals surface area contributed by atoms with Crippen molar-refractivity contribution >= 4 is 24.3 Å². The maximum absolute atomic E-state index is 15.7. The van der Waals surface area contributed by atoms with Crippen LogP contribution in [0.2, 0.25) is 0 Å². The summed E-state index contributed by atoms with van der Waals surface area (Å²) in [6.45, 7) is 0. The zero-order valence-electron chi connectivity index (χ0n) is 25.1. The van der Waals surface area contributed by atoms with Crippen LogP contribution in [0.15, 0.2) is 168 Å². The summed E-state index contributed by atoms with van der Waals surface area (Å²) in [5.41, 5.74) is 8.21. The first-order valence-corrected chi connectivity index (χ1v) is 15.1. The van der Waals surface area contributed by atoms with E-state index in [9.17, 15) is 0 Å². The van der Waals surface area contributed by atoms with Crippen LogP contribution in [0, 0.1) is 0 Å². The summed E-state index contributed by atoms with van der Waals surface area (Å²) >= 11 is 0. The third-order valence-corrected chi connectivity index (χ3v) is 8.16. The van der Waals surface area contributed by atoms with Crippen molar-refractivity contribution in [3.63, 3.8) is 0 Å². The van der Waals surface area contributed by atoms with E-state index in [-0.39, 0.29) is 0 Å². The molecule has 1 aromatic heterocycles. The summed E-state index contributed by atoms with van der Waals surface area (Å²) in [7, 11) is -1.25. The first kappa shape index (κ1) is 29.0. The minimum Gasteiger partial charge on any atom is -0.496 e. The van der Waals surface area contributed by atoms with Gasteiger partial charge in [-0.15, -0.1) is 0 Å². The highest BCUT2D eigenvalue weighted by atomic mass is 19.2. The molecule has 3 nitrogen and oxygen atoms in total. The average Bonchev–Trinajstić information content (AvgIpc) is 3.74. The van der Waals surface area contributed by atoms with Gasteiger partial charge in [0.25, 0.3) is 0 Å². The summed E-state index contributed by atoms with van der Waals surface area (Å²) in [4.78, 5) is 5.25. The number of benzene rings is 5. The number of rotatable bonds is 8. The van der Waals surface area contributed by atoms with E-state index in [0.29, 0.717) is 45.1 Å². The number of hydrogen-bond donors (Lipinski definition) is 0. The van der Waals surface area contributed by atoms with Crippen LogP contribution in [0.4, 0.5) is 8.63 Å². The molecular formula is C40H29BF2N2O. The molecule has 1 aliphatic rings. The Balaban J connectivity index is 1.66. The second-order valence-electron chi connectivity index (χ2n) is 10.9. The van der Waals surface area contributed by atoms with Gasteiger partial charge >= 0.3 is 7.40 Å². The summed E-state index contributed by atoms with van der Waals surface area (Å²) in [6, 6.07) is 48.3. The monoisotopic (exact) mass is 602 g/mol. The number of aromatic nitrogens is 1. The Labute approximate surface area is 267 Å². The standard InChI is InChI=1S/C40H29BF2N2O/c1-46-37-25-15-14-24-32(37)38(39-33(28-16-6-2-7-17-28)26-35(44-39)30-20-10-4-11-21-30)40-34(29-18-8-3-9-19-29)27-36(45(40)41(42)43)31-22-12-5-13-23-31/h2-27H,1H3/b39-38-. The van der Waals surface area contributed by atoms with Crippen LogP contribution in [-0.4, -0.2) is 24.7 Å². The fraction of sp³-hybridized carbons (Fsp3) is 0.0250. The summed E-state index contributed by atoms with van der Waals surface area (Å²) in [5, 5.41) is 0. The van der Waals surface area contributed by atoms with Crippen LogP contribution in [0.5, 0.6) is 5.75 Å². The van der Waals surface area contributed by atoms with Crippen molar-refractivity contribution in [1.29, 1.82) is 0 Å². The zero-order valence-corrected chi connectivity index (χ0v) is 25.1. The van der Waals surface area contributed by atoms with E-state index in [1.165, 1.54) is 0 Å². The maximum atomic E-state index is 15.7. The largest absolute Gasteiger partial charge is 0.678 e. The van der Waals surface area contributed by atoms with E-state index in [4.69, 9.17) is 9.73 Å². The topological polar surface area (TPSA) is 26.5 Å². The molecule has 0 unspecified atom stereocenters. The quantitative estimate of drug-likeness (QED) is 0.159. The molecule has 222 valence electrons. The van der Waals surface area contributed by atoms with E-state index in [1.54, 1.807) is 7.11 Å². The van der Waals surface area contributed by atoms with Crippen LogP contribution in [0.25, 0.3) is 33.5 Å². The number of methoxy groups -OCH3 is 1. The SMILES string of the molecule is COc1ccccc1/C(=C1/N=C(c2ccccc2)C=C1c1ccccc1)c1c(-c2ccccc2)cc(-c2ccccc2)n1B(F)F. The molecule has 0 saturated heterocycles. The molecule has 0 atom stereocenters. The third-order valence-electron chi connectivity index (χ3n) is 8.16. The van der Waals surface area contributed by atoms with Gasteiger partial charge in [0.15, 0.2) is 0 Å². The highest BCUT2D eigenvalue weighted by Gasteiger charge is 2.34. The Morgan fingerprint density at radius 3 is 1.74 bits per heavy atom. The predicted molar refractivity (Wildman–Crippen MR) is 185 cm³/mol. The third kappa shape index (κ3) is 5.39. The van der Waals surface area contributed by atoms with E-state index in [1.807, 2.05) is 158 Å². The van der Waals surface area contributed by atoms with E-state index in [2.05, 4.69) is 0 Å². The molecule has 0 radical (unpaired) electrons. The number of halogens is 2. The van der Waals surface area contributed by atoms with E-state index >= 15 is 8.63 Å². The van der Waals surface area contributed by atoms with Crippen LogP contribution >= 0.6 is 0 Å². The Bertz CT molecular complexity index is 2090. The summed E-state index contributed by atoms with van der Waals surface area (Å²) < 4.78 is 38.4.